The molecule has 1 aromatic heterocycles. The average molecular weight is 345 g/mol. The third-order valence-electron chi connectivity index (χ3n) is 2.93. The van der Waals surface area contributed by atoms with Crippen LogP contribution < -0.4 is 16.7 Å². The molecule has 1 heterocycles. The molecule has 136 valence electrons. The molecule has 0 aliphatic heterocycles. The molecule has 2 N–H and O–H groups in total. The van der Waals surface area contributed by atoms with Crippen molar-refractivity contribution in [3.8, 4) is 0 Å². The maximum absolute atomic E-state index is 12.0. The van der Waals surface area contributed by atoms with Gasteiger partial charge in [0.15, 0.2) is 6.23 Å². The van der Waals surface area contributed by atoms with E-state index in [1.165, 1.54) is 38.0 Å². The highest BCUT2D eigenvalue weighted by Gasteiger charge is 2.31. The van der Waals surface area contributed by atoms with E-state index < -0.39 is 23.1 Å². The van der Waals surface area contributed by atoms with Gasteiger partial charge in [-0.25, -0.2) is 10.3 Å². The Balaban J connectivity index is 2.97. The second-order valence-corrected chi connectivity index (χ2v) is 5.38. The number of hydrogen-bond donors (Lipinski definition) is 2. The fourth-order valence-electron chi connectivity index (χ4n) is 2.00. The summed E-state index contributed by atoms with van der Waals surface area (Å²) in [6.45, 7) is 3.15. The smallest absolute Gasteiger partial charge is 0.330 e. The maximum Gasteiger partial charge on any atom is 0.330 e. The van der Waals surface area contributed by atoms with Crippen LogP contribution in [0.25, 0.3) is 0 Å². The highest BCUT2D eigenvalue weighted by Crippen LogP contribution is 2.20. The Hall–Kier alpha value is -2.01. The molecule has 0 saturated carbocycles. The highest BCUT2D eigenvalue weighted by atomic mass is 16.7. The molecule has 2 atom stereocenters. The summed E-state index contributed by atoms with van der Waals surface area (Å²) in [6.07, 6.45) is 0.479. The van der Waals surface area contributed by atoms with Gasteiger partial charge in [0.1, 0.15) is 12.2 Å². The summed E-state index contributed by atoms with van der Waals surface area (Å²) in [5.41, 5.74) is 0.0664. The number of methoxy groups -OCH3 is 2. The first-order chi connectivity index (χ1) is 11.3. The number of aromatic nitrogens is 2. The summed E-state index contributed by atoms with van der Waals surface area (Å²) in [5.74, 6) is -0.361. The molecule has 0 radical (unpaired) electrons. The van der Waals surface area contributed by atoms with E-state index in [9.17, 15) is 14.4 Å². The molecule has 0 spiro atoms. The molecular formula is C14H23N3O7. The molecule has 24 heavy (non-hydrogen) atoms. The first-order valence-electron chi connectivity index (χ1n) is 7.17. The van der Waals surface area contributed by atoms with Crippen LogP contribution >= 0.6 is 0 Å². The van der Waals surface area contributed by atoms with Gasteiger partial charge in [-0.1, -0.05) is 0 Å². The van der Waals surface area contributed by atoms with E-state index in [0.29, 0.717) is 0 Å². The van der Waals surface area contributed by atoms with Crippen molar-refractivity contribution in [1.29, 1.82) is 0 Å². The van der Waals surface area contributed by atoms with Gasteiger partial charge in [-0.05, 0) is 6.92 Å². The van der Waals surface area contributed by atoms with Gasteiger partial charge in [0.25, 0.3) is 5.56 Å². The van der Waals surface area contributed by atoms with Gasteiger partial charge in [-0.3, -0.25) is 24.0 Å². The topological polar surface area (TPSA) is 121 Å². The first-order valence-corrected chi connectivity index (χ1v) is 7.17. The number of aromatic amines is 1. The van der Waals surface area contributed by atoms with Crippen molar-refractivity contribution in [2.75, 3.05) is 34.0 Å². The van der Waals surface area contributed by atoms with Crippen LogP contribution in [0.5, 0.6) is 0 Å². The quantitative estimate of drug-likeness (QED) is 0.531. The molecule has 1 aromatic rings. The number of nitrogens with zero attached hydrogens (tertiary/aromatic N) is 1. The van der Waals surface area contributed by atoms with E-state index in [-0.39, 0.29) is 25.7 Å². The van der Waals surface area contributed by atoms with Gasteiger partial charge < -0.3 is 14.2 Å². The van der Waals surface area contributed by atoms with Crippen LogP contribution in [0.2, 0.25) is 0 Å². The number of ether oxygens (including phenoxy) is 3. The minimum absolute atomic E-state index is 0.0290. The van der Waals surface area contributed by atoms with E-state index in [4.69, 9.17) is 19.0 Å². The van der Waals surface area contributed by atoms with Crippen LogP contribution in [-0.4, -0.2) is 55.1 Å². The lowest BCUT2D eigenvalue weighted by molar-refractivity contribution is -0.195. The van der Waals surface area contributed by atoms with E-state index in [0.717, 1.165) is 0 Å². The lowest BCUT2D eigenvalue weighted by Crippen LogP contribution is -2.46. The van der Waals surface area contributed by atoms with Gasteiger partial charge in [-0.2, -0.15) is 0 Å². The van der Waals surface area contributed by atoms with Crippen LogP contribution in [0, 0.1) is 0 Å². The fraction of sp³-hybridized carbons (Fsp3) is 0.643. The van der Waals surface area contributed by atoms with Crippen molar-refractivity contribution in [3.05, 3.63) is 33.1 Å². The zero-order valence-corrected chi connectivity index (χ0v) is 14.2. The standard InChI is InChI=1S/C14H23N3O7/c1-10(18)16-23-9-14(2,8-22-4)24-12(7-21-3)17-6-5-11(19)15-13(17)20/h5-6,12H,7-9H2,1-4H3,(H,16,18)(H,15,19,20). The summed E-state index contributed by atoms with van der Waals surface area (Å²) in [7, 11) is 2.94. The molecule has 10 nitrogen and oxygen atoms in total. The number of amides is 1. The monoisotopic (exact) mass is 345 g/mol. The molecule has 1 rings (SSSR count). The zero-order chi connectivity index (χ0) is 18.2. The van der Waals surface area contributed by atoms with Crippen molar-refractivity contribution < 1.29 is 23.8 Å². The van der Waals surface area contributed by atoms with Gasteiger partial charge in [0, 0.05) is 33.4 Å². The SMILES string of the molecule is COCC(OC(C)(COC)CONC(C)=O)n1ccc(=O)[nH]c1=O. The third-order valence-corrected chi connectivity index (χ3v) is 2.93. The van der Waals surface area contributed by atoms with E-state index >= 15 is 0 Å². The number of H-pyrrole nitrogens is 1. The van der Waals surface area contributed by atoms with Crippen LogP contribution in [0.3, 0.4) is 0 Å². The Bertz CT molecular complexity index is 642. The second kappa shape index (κ2) is 9.33. The Morgan fingerprint density at radius 3 is 2.58 bits per heavy atom. The molecule has 0 saturated heterocycles. The summed E-state index contributed by atoms with van der Waals surface area (Å²) >= 11 is 0. The second-order valence-electron chi connectivity index (χ2n) is 5.38. The van der Waals surface area contributed by atoms with E-state index in [1.54, 1.807) is 6.92 Å². The van der Waals surface area contributed by atoms with Crippen molar-refractivity contribution >= 4 is 5.91 Å². The minimum Gasteiger partial charge on any atom is -0.382 e. The molecule has 0 fully saturated rings. The Kier molecular flexibility index (Phi) is 7.79. The minimum atomic E-state index is -0.990. The average Bonchev–Trinajstić information content (AvgIpc) is 2.46. The predicted octanol–water partition coefficient (Wildman–Crippen LogP) is -0.829. The number of carbonyl (C=O) groups excluding carboxylic acids is 1. The Morgan fingerprint density at radius 2 is 2.04 bits per heavy atom. The fourth-order valence-corrected chi connectivity index (χ4v) is 2.00. The molecular weight excluding hydrogens is 322 g/mol. The molecule has 10 heteroatoms. The summed E-state index contributed by atoms with van der Waals surface area (Å²) in [4.78, 5) is 41.3. The maximum atomic E-state index is 12.0. The highest BCUT2D eigenvalue weighted by molar-refractivity contribution is 5.71. The molecule has 0 aliphatic rings. The predicted molar refractivity (Wildman–Crippen MR) is 83.4 cm³/mol. The van der Waals surface area contributed by atoms with E-state index in [2.05, 4.69) is 10.5 Å². The van der Waals surface area contributed by atoms with Crippen LogP contribution in [0.4, 0.5) is 0 Å². The zero-order valence-electron chi connectivity index (χ0n) is 14.2. The first kappa shape index (κ1) is 20.0. The van der Waals surface area contributed by atoms with Crippen LogP contribution in [-0.2, 0) is 23.8 Å². The van der Waals surface area contributed by atoms with Crippen molar-refractivity contribution in [2.45, 2.75) is 25.7 Å². The van der Waals surface area contributed by atoms with Crippen LogP contribution in [0.15, 0.2) is 21.9 Å². The molecule has 0 aliphatic carbocycles. The largest absolute Gasteiger partial charge is 0.382 e. The number of rotatable bonds is 10. The molecule has 0 bridgehead atoms. The lowest BCUT2D eigenvalue weighted by atomic mass is 10.1. The van der Waals surface area contributed by atoms with Crippen molar-refractivity contribution in [3.63, 3.8) is 0 Å². The number of carbonyl (C=O) groups is 1. The van der Waals surface area contributed by atoms with E-state index in [1.807, 2.05) is 0 Å². The van der Waals surface area contributed by atoms with Gasteiger partial charge in [0.05, 0.1) is 13.2 Å². The molecule has 2 unspecified atom stereocenters. The van der Waals surface area contributed by atoms with Crippen LogP contribution in [0.1, 0.15) is 20.1 Å². The number of hydroxylamine groups is 1. The third kappa shape index (κ3) is 6.24. The van der Waals surface area contributed by atoms with Gasteiger partial charge in [-0.15, -0.1) is 0 Å². The number of hydrogen-bond acceptors (Lipinski definition) is 7. The lowest BCUT2D eigenvalue weighted by Gasteiger charge is -2.33. The number of nitrogens with one attached hydrogen (secondary N) is 2. The van der Waals surface area contributed by atoms with Crippen molar-refractivity contribution in [2.24, 2.45) is 0 Å². The Labute approximate surface area is 138 Å². The summed E-state index contributed by atoms with van der Waals surface area (Å²) in [6, 6.07) is 1.20. The van der Waals surface area contributed by atoms with Crippen molar-refractivity contribution in [1.82, 2.24) is 15.0 Å². The molecule has 1 amide bonds. The normalized spacial score (nSPS) is 14.8. The summed E-state index contributed by atoms with van der Waals surface area (Å²) < 4.78 is 17.3. The Morgan fingerprint density at radius 1 is 1.33 bits per heavy atom. The summed E-state index contributed by atoms with van der Waals surface area (Å²) in [5, 5.41) is 0. The van der Waals surface area contributed by atoms with Gasteiger partial charge in [0.2, 0.25) is 5.91 Å². The van der Waals surface area contributed by atoms with Gasteiger partial charge >= 0.3 is 5.69 Å². The molecule has 0 aromatic carbocycles.